The molecule has 0 aliphatic carbocycles. The summed E-state index contributed by atoms with van der Waals surface area (Å²) in [4.78, 5) is 22.2. The zero-order valence-corrected chi connectivity index (χ0v) is 15.5. The maximum absolute atomic E-state index is 9.41. The first kappa shape index (κ1) is 25.2. The largest absolute Gasteiger partial charge is 0.820 e. The van der Waals surface area contributed by atoms with Gasteiger partial charge in [0.2, 0.25) is 0 Å². The number of hydrogen-bond donors (Lipinski definition) is 2. The standard InChI is InChI=1S/2C6H15N.C2H5O3P/c2*1-4-7(5-2)6-3;1-2-5-6(3)4/h2*4-6H2,1-3H3;2H2,1H3/q;;-2/p+2. The lowest BCUT2D eigenvalue weighted by atomic mass is 10.5. The molecule has 0 saturated heterocycles. The topological polar surface area (TPSA) is 64.2 Å². The van der Waals surface area contributed by atoms with E-state index in [9.17, 15) is 9.79 Å². The Kier molecular flexibility index (Phi) is 27.1. The summed E-state index contributed by atoms with van der Waals surface area (Å²) in [6, 6.07) is 0. The average Bonchev–Trinajstić information content (AvgIpc) is 2.44. The molecule has 0 heterocycles. The average molecular weight is 312 g/mol. The van der Waals surface area contributed by atoms with E-state index in [1.807, 2.05) is 0 Å². The maximum atomic E-state index is 9.41. The molecule has 20 heavy (non-hydrogen) atoms. The summed E-state index contributed by atoms with van der Waals surface area (Å²) >= 11 is 0. The van der Waals surface area contributed by atoms with Crippen molar-refractivity contribution in [2.75, 3.05) is 45.9 Å². The first-order valence-electron chi connectivity index (χ1n) is 7.91. The van der Waals surface area contributed by atoms with Gasteiger partial charge in [-0.05, 0) is 48.5 Å². The molecule has 0 aromatic carbocycles. The summed E-state index contributed by atoms with van der Waals surface area (Å²) in [7, 11) is -2.60. The molecule has 126 valence electrons. The van der Waals surface area contributed by atoms with E-state index in [4.69, 9.17) is 0 Å². The molecule has 0 bridgehead atoms. The lowest BCUT2D eigenvalue weighted by molar-refractivity contribution is -0.894. The van der Waals surface area contributed by atoms with Crippen LogP contribution in [0.1, 0.15) is 48.5 Å². The molecular formula is C14H37N2O3P. The Morgan fingerprint density at radius 3 is 0.900 bits per heavy atom. The van der Waals surface area contributed by atoms with Crippen LogP contribution >= 0.6 is 8.60 Å². The van der Waals surface area contributed by atoms with Crippen molar-refractivity contribution in [1.29, 1.82) is 0 Å². The van der Waals surface area contributed by atoms with Gasteiger partial charge in [-0.1, -0.05) is 0 Å². The van der Waals surface area contributed by atoms with Crippen molar-refractivity contribution in [2.24, 2.45) is 0 Å². The molecule has 0 amide bonds. The van der Waals surface area contributed by atoms with Gasteiger partial charge in [-0.25, -0.2) is 0 Å². The minimum Gasteiger partial charge on any atom is -0.820 e. The molecule has 0 fully saturated rings. The van der Waals surface area contributed by atoms with Gasteiger partial charge >= 0.3 is 0 Å². The minimum atomic E-state index is -2.60. The maximum Gasteiger partial charge on any atom is 0.0742 e. The molecular weight excluding hydrogens is 275 g/mol. The Morgan fingerprint density at radius 2 is 0.900 bits per heavy atom. The van der Waals surface area contributed by atoms with E-state index >= 15 is 0 Å². The van der Waals surface area contributed by atoms with Gasteiger partial charge < -0.3 is 24.1 Å². The van der Waals surface area contributed by atoms with Crippen LogP contribution in [0.4, 0.5) is 0 Å². The molecule has 0 aliphatic rings. The molecule has 0 saturated carbocycles. The van der Waals surface area contributed by atoms with E-state index in [0.717, 1.165) is 0 Å². The Labute approximate surface area is 127 Å². The van der Waals surface area contributed by atoms with Gasteiger partial charge in [-0.15, -0.1) is 0 Å². The number of rotatable bonds is 8. The molecule has 2 N–H and O–H groups in total. The zero-order chi connectivity index (χ0) is 16.4. The van der Waals surface area contributed by atoms with Crippen molar-refractivity contribution in [2.45, 2.75) is 48.5 Å². The van der Waals surface area contributed by atoms with Crippen LogP contribution in [0.3, 0.4) is 0 Å². The third kappa shape index (κ3) is 23.3. The third-order valence-electron chi connectivity index (χ3n) is 3.23. The van der Waals surface area contributed by atoms with Gasteiger partial charge in [-0.3, -0.25) is 0 Å². The smallest absolute Gasteiger partial charge is 0.0742 e. The normalized spacial score (nSPS) is 10.2. The fourth-order valence-electron chi connectivity index (χ4n) is 1.61. The van der Waals surface area contributed by atoms with Crippen LogP contribution in [-0.2, 0) is 4.52 Å². The quantitative estimate of drug-likeness (QED) is 0.555. The van der Waals surface area contributed by atoms with Crippen molar-refractivity contribution < 1.29 is 24.1 Å². The highest BCUT2D eigenvalue weighted by molar-refractivity contribution is 7.36. The monoisotopic (exact) mass is 312 g/mol. The third-order valence-corrected chi connectivity index (χ3v) is 3.70. The van der Waals surface area contributed by atoms with E-state index in [0.29, 0.717) is 0 Å². The summed E-state index contributed by atoms with van der Waals surface area (Å²) in [5.74, 6) is 0. The Balaban J connectivity index is -0.000000218. The van der Waals surface area contributed by atoms with Gasteiger partial charge in [0, 0.05) is 6.61 Å². The molecule has 0 aromatic rings. The van der Waals surface area contributed by atoms with E-state index in [-0.39, 0.29) is 6.61 Å². The second-order valence-corrected chi connectivity index (χ2v) is 4.97. The van der Waals surface area contributed by atoms with Crippen molar-refractivity contribution in [3.63, 3.8) is 0 Å². The second-order valence-electron chi connectivity index (χ2n) is 4.26. The van der Waals surface area contributed by atoms with E-state index in [1.54, 1.807) is 16.7 Å². The Bertz CT molecular complexity index is 132. The summed E-state index contributed by atoms with van der Waals surface area (Å²) < 4.78 is 4.00. The van der Waals surface area contributed by atoms with Gasteiger partial charge in [0.05, 0.1) is 39.3 Å². The van der Waals surface area contributed by atoms with Crippen molar-refractivity contribution in [3.8, 4) is 0 Å². The van der Waals surface area contributed by atoms with Crippen LogP contribution in [0.5, 0.6) is 0 Å². The molecule has 0 radical (unpaired) electrons. The van der Waals surface area contributed by atoms with Crippen LogP contribution in [0.2, 0.25) is 0 Å². The van der Waals surface area contributed by atoms with Crippen LogP contribution in [-0.4, -0.2) is 45.9 Å². The van der Waals surface area contributed by atoms with E-state index in [2.05, 4.69) is 46.1 Å². The highest BCUT2D eigenvalue weighted by Crippen LogP contribution is 2.10. The van der Waals surface area contributed by atoms with Gasteiger partial charge in [0.1, 0.15) is 0 Å². The van der Waals surface area contributed by atoms with Crippen molar-refractivity contribution in [3.05, 3.63) is 0 Å². The van der Waals surface area contributed by atoms with E-state index in [1.165, 1.54) is 39.3 Å². The molecule has 5 nitrogen and oxygen atoms in total. The molecule has 6 heteroatoms. The predicted molar refractivity (Wildman–Crippen MR) is 83.7 cm³/mol. The Morgan fingerprint density at radius 1 is 0.650 bits per heavy atom. The Hall–Kier alpha value is 0.230. The highest BCUT2D eigenvalue weighted by Gasteiger charge is 1.93. The van der Waals surface area contributed by atoms with E-state index < -0.39 is 8.60 Å². The van der Waals surface area contributed by atoms with Gasteiger partial charge in [-0.2, -0.15) is 8.60 Å². The van der Waals surface area contributed by atoms with Crippen molar-refractivity contribution in [1.82, 2.24) is 0 Å². The first-order chi connectivity index (χ1) is 9.46. The zero-order valence-electron chi connectivity index (χ0n) is 14.6. The van der Waals surface area contributed by atoms with Crippen LogP contribution in [0.25, 0.3) is 0 Å². The summed E-state index contributed by atoms with van der Waals surface area (Å²) in [6.45, 7) is 22.8. The van der Waals surface area contributed by atoms with Crippen LogP contribution in [0, 0.1) is 0 Å². The fraction of sp³-hybridized carbons (Fsp3) is 1.00. The van der Waals surface area contributed by atoms with Gasteiger partial charge in [0.25, 0.3) is 0 Å². The number of nitrogens with one attached hydrogen (secondary N) is 2. The number of quaternary nitrogens is 2. The number of hydrogen-bond acceptors (Lipinski definition) is 3. The lowest BCUT2D eigenvalue weighted by Crippen LogP contribution is -3.11. The second kappa shape index (κ2) is 21.5. The first-order valence-corrected chi connectivity index (χ1v) is 9.00. The SMILES string of the molecule is CCOP([O-])[O-].CC[NH+](CC)CC.CC[NH+](CC)CC. The van der Waals surface area contributed by atoms with Crippen LogP contribution in [0.15, 0.2) is 0 Å². The summed E-state index contributed by atoms with van der Waals surface area (Å²) in [5.41, 5.74) is 0. The molecule has 0 rings (SSSR count). The summed E-state index contributed by atoms with van der Waals surface area (Å²) in [5, 5.41) is 0. The molecule has 0 spiro atoms. The molecule has 0 aromatic heterocycles. The highest BCUT2D eigenvalue weighted by atomic mass is 31.2. The molecule has 0 aliphatic heterocycles. The minimum absolute atomic E-state index is 0.235. The predicted octanol–water partition coefficient (Wildman–Crippen LogP) is -1.17. The van der Waals surface area contributed by atoms with Crippen molar-refractivity contribution >= 4 is 8.60 Å². The fourth-order valence-corrected chi connectivity index (χ4v) is 1.82. The lowest BCUT2D eigenvalue weighted by Gasteiger charge is -2.27. The van der Waals surface area contributed by atoms with Gasteiger partial charge in [0.15, 0.2) is 0 Å². The molecule has 0 unspecified atom stereocenters. The summed E-state index contributed by atoms with van der Waals surface area (Å²) in [6.07, 6.45) is 0. The van der Waals surface area contributed by atoms with Crippen LogP contribution < -0.4 is 19.6 Å². The molecule has 0 atom stereocenters.